The molecule has 0 unspecified atom stereocenters. The minimum absolute atomic E-state index is 0.216. The van der Waals surface area contributed by atoms with E-state index in [1.54, 1.807) is 18.2 Å². The van der Waals surface area contributed by atoms with Crippen LogP contribution in [0.3, 0.4) is 0 Å². The first-order valence-corrected chi connectivity index (χ1v) is 6.06. The highest BCUT2D eigenvalue weighted by atomic mass is 19.1. The summed E-state index contributed by atoms with van der Waals surface area (Å²) in [5.41, 5.74) is 6.42. The molecule has 1 aromatic carbocycles. The third-order valence-electron chi connectivity index (χ3n) is 3.47. The first-order chi connectivity index (χ1) is 8.20. The molecule has 1 heterocycles. The summed E-state index contributed by atoms with van der Waals surface area (Å²) in [6.07, 6.45) is 1.97. The number of rotatable bonds is 3. The van der Waals surface area contributed by atoms with Crippen LogP contribution >= 0.6 is 0 Å². The van der Waals surface area contributed by atoms with Gasteiger partial charge in [-0.15, -0.1) is 0 Å². The monoisotopic (exact) mass is 238 g/mol. The van der Waals surface area contributed by atoms with Gasteiger partial charge in [-0.3, -0.25) is 4.90 Å². The van der Waals surface area contributed by atoms with Gasteiger partial charge in [-0.1, -0.05) is 12.1 Å². The molecular weight excluding hydrogens is 219 g/mol. The molecule has 0 amide bonds. The van der Waals surface area contributed by atoms with Crippen molar-refractivity contribution in [3.05, 3.63) is 29.6 Å². The van der Waals surface area contributed by atoms with Crippen LogP contribution in [0.15, 0.2) is 18.2 Å². The highest BCUT2D eigenvalue weighted by Crippen LogP contribution is 2.21. The van der Waals surface area contributed by atoms with E-state index in [0.29, 0.717) is 18.0 Å². The van der Waals surface area contributed by atoms with Crippen LogP contribution in [-0.2, 0) is 6.54 Å². The van der Waals surface area contributed by atoms with E-state index in [1.165, 1.54) is 0 Å². The molecule has 0 aliphatic carbocycles. The molecule has 1 saturated heterocycles. The number of anilines is 1. The molecule has 1 fully saturated rings. The first-order valence-electron chi connectivity index (χ1n) is 6.06. The van der Waals surface area contributed by atoms with Crippen LogP contribution in [0.5, 0.6) is 0 Å². The number of nitrogens with zero attached hydrogens (tertiary/aromatic N) is 1. The summed E-state index contributed by atoms with van der Waals surface area (Å²) in [7, 11) is 0. The van der Waals surface area contributed by atoms with E-state index < -0.39 is 0 Å². The smallest absolute Gasteiger partial charge is 0.150 e. The number of likely N-dealkylation sites (tertiary alicyclic amines) is 1. The number of aliphatic hydroxyl groups is 1. The average molecular weight is 238 g/mol. The van der Waals surface area contributed by atoms with E-state index in [9.17, 15) is 4.39 Å². The van der Waals surface area contributed by atoms with Crippen molar-refractivity contribution in [2.24, 2.45) is 5.92 Å². The van der Waals surface area contributed by atoms with Gasteiger partial charge in [0.05, 0.1) is 5.69 Å². The molecule has 0 radical (unpaired) electrons. The van der Waals surface area contributed by atoms with E-state index in [2.05, 4.69) is 4.90 Å². The number of halogens is 1. The van der Waals surface area contributed by atoms with Crippen molar-refractivity contribution in [1.82, 2.24) is 4.90 Å². The van der Waals surface area contributed by atoms with Crippen molar-refractivity contribution in [3.63, 3.8) is 0 Å². The van der Waals surface area contributed by atoms with Crippen molar-refractivity contribution < 1.29 is 9.50 Å². The molecule has 3 N–H and O–H groups in total. The Bertz CT molecular complexity index is 376. The van der Waals surface area contributed by atoms with Gasteiger partial charge in [-0.25, -0.2) is 4.39 Å². The van der Waals surface area contributed by atoms with Gasteiger partial charge in [0.1, 0.15) is 0 Å². The Morgan fingerprint density at radius 1 is 1.35 bits per heavy atom. The standard InChI is InChI=1S/C13H19FN2O/c14-13-11(2-1-3-12(13)15)8-16-6-4-10(9-17)5-7-16/h1-3,10,17H,4-9,15H2. The maximum Gasteiger partial charge on any atom is 0.150 e. The molecule has 0 spiro atoms. The molecule has 1 aliphatic heterocycles. The molecule has 4 heteroatoms. The lowest BCUT2D eigenvalue weighted by atomic mass is 9.97. The van der Waals surface area contributed by atoms with Crippen molar-refractivity contribution in [2.45, 2.75) is 19.4 Å². The van der Waals surface area contributed by atoms with Gasteiger partial charge in [0, 0.05) is 18.7 Å². The highest BCUT2D eigenvalue weighted by molar-refractivity contribution is 5.42. The van der Waals surface area contributed by atoms with Crippen LogP contribution in [0.4, 0.5) is 10.1 Å². The third-order valence-corrected chi connectivity index (χ3v) is 3.47. The Kier molecular flexibility index (Phi) is 3.97. The normalized spacial score (nSPS) is 18.5. The Hall–Kier alpha value is -1.13. The van der Waals surface area contributed by atoms with Crippen LogP contribution in [0.1, 0.15) is 18.4 Å². The van der Waals surface area contributed by atoms with Crippen LogP contribution in [0.25, 0.3) is 0 Å². The molecule has 17 heavy (non-hydrogen) atoms. The van der Waals surface area contributed by atoms with Crippen molar-refractivity contribution in [2.75, 3.05) is 25.4 Å². The summed E-state index contributed by atoms with van der Waals surface area (Å²) in [6, 6.07) is 5.15. The zero-order valence-corrected chi connectivity index (χ0v) is 9.90. The van der Waals surface area contributed by atoms with Gasteiger partial charge in [0.2, 0.25) is 0 Å². The Labute approximate surface area is 101 Å². The van der Waals surface area contributed by atoms with E-state index >= 15 is 0 Å². The van der Waals surface area contributed by atoms with E-state index in [-0.39, 0.29) is 18.1 Å². The first kappa shape index (κ1) is 12.3. The van der Waals surface area contributed by atoms with Crippen LogP contribution in [0, 0.1) is 11.7 Å². The molecule has 0 atom stereocenters. The van der Waals surface area contributed by atoms with Gasteiger partial charge >= 0.3 is 0 Å². The number of benzene rings is 1. The van der Waals surface area contributed by atoms with Gasteiger partial charge in [0.15, 0.2) is 5.82 Å². The van der Waals surface area contributed by atoms with Gasteiger partial charge < -0.3 is 10.8 Å². The van der Waals surface area contributed by atoms with Gasteiger partial charge in [-0.05, 0) is 37.9 Å². The van der Waals surface area contributed by atoms with Crippen molar-refractivity contribution in [1.29, 1.82) is 0 Å². The fraction of sp³-hybridized carbons (Fsp3) is 0.538. The van der Waals surface area contributed by atoms with E-state index in [1.807, 2.05) is 0 Å². The lowest BCUT2D eigenvalue weighted by Crippen LogP contribution is -2.34. The molecular formula is C13H19FN2O. The van der Waals surface area contributed by atoms with Crippen molar-refractivity contribution >= 4 is 5.69 Å². The number of aliphatic hydroxyl groups excluding tert-OH is 1. The van der Waals surface area contributed by atoms with Crippen molar-refractivity contribution in [3.8, 4) is 0 Å². The van der Waals surface area contributed by atoms with Gasteiger partial charge in [0.25, 0.3) is 0 Å². The number of piperidine rings is 1. The summed E-state index contributed by atoms with van der Waals surface area (Å²) in [5.74, 6) is 0.119. The van der Waals surface area contributed by atoms with E-state index in [4.69, 9.17) is 10.8 Å². The third kappa shape index (κ3) is 2.96. The highest BCUT2D eigenvalue weighted by Gasteiger charge is 2.19. The second-order valence-electron chi connectivity index (χ2n) is 4.72. The number of hydrogen-bond acceptors (Lipinski definition) is 3. The number of hydrogen-bond donors (Lipinski definition) is 2. The van der Waals surface area contributed by atoms with Crippen LogP contribution in [0.2, 0.25) is 0 Å². The summed E-state index contributed by atoms with van der Waals surface area (Å²) >= 11 is 0. The number of nitrogens with two attached hydrogens (primary N) is 1. The second-order valence-corrected chi connectivity index (χ2v) is 4.72. The summed E-state index contributed by atoms with van der Waals surface area (Å²) < 4.78 is 13.7. The topological polar surface area (TPSA) is 49.5 Å². The summed E-state index contributed by atoms with van der Waals surface area (Å²) in [6.45, 7) is 2.70. The molecule has 0 saturated carbocycles. The minimum Gasteiger partial charge on any atom is -0.396 e. The van der Waals surface area contributed by atoms with E-state index in [0.717, 1.165) is 25.9 Å². The molecule has 94 valence electrons. The number of nitrogen functional groups attached to an aromatic ring is 1. The molecule has 0 aromatic heterocycles. The Balaban J connectivity index is 1.95. The predicted octanol–water partition coefficient (Wildman–Crippen LogP) is 1.61. The maximum absolute atomic E-state index is 13.7. The SMILES string of the molecule is Nc1cccc(CN2CCC(CO)CC2)c1F. The molecule has 1 aliphatic rings. The lowest BCUT2D eigenvalue weighted by molar-refractivity contribution is 0.126. The summed E-state index contributed by atoms with van der Waals surface area (Å²) in [5, 5.41) is 9.05. The Morgan fingerprint density at radius 2 is 2.06 bits per heavy atom. The largest absolute Gasteiger partial charge is 0.396 e. The molecule has 1 aromatic rings. The molecule has 3 nitrogen and oxygen atoms in total. The lowest BCUT2D eigenvalue weighted by Gasteiger charge is -2.31. The van der Waals surface area contributed by atoms with Crippen LogP contribution in [-0.4, -0.2) is 29.7 Å². The second kappa shape index (κ2) is 5.47. The zero-order valence-electron chi connectivity index (χ0n) is 9.90. The van der Waals surface area contributed by atoms with Crippen LogP contribution < -0.4 is 5.73 Å². The maximum atomic E-state index is 13.7. The molecule has 2 rings (SSSR count). The molecule has 0 bridgehead atoms. The Morgan fingerprint density at radius 3 is 2.71 bits per heavy atom. The minimum atomic E-state index is -0.295. The zero-order chi connectivity index (χ0) is 12.3. The average Bonchev–Trinajstić information content (AvgIpc) is 2.36. The fourth-order valence-corrected chi connectivity index (χ4v) is 2.29. The predicted molar refractivity (Wildman–Crippen MR) is 65.9 cm³/mol. The fourth-order valence-electron chi connectivity index (χ4n) is 2.29. The quantitative estimate of drug-likeness (QED) is 0.787. The summed E-state index contributed by atoms with van der Waals surface area (Å²) in [4.78, 5) is 2.21. The van der Waals surface area contributed by atoms with Gasteiger partial charge in [-0.2, -0.15) is 0 Å².